The van der Waals surface area contributed by atoms with E-state index >= 15 is 0 Å². The second-order valence-corrected chi connectivity index (χ2v) is 5.75. The molecule has 0 saturated carbocycles. The minimum absolute atomic E-state index is 0.120. The first-order valence-electron chi connectivity index (χ1n) is 7.18. The zero-order valence-corrected chi connectivity index (χ0v) is 12.1. The van der Waals surface area contributed by atoms with Crippen LogP contribution in [0.1, 0.15) is 44.2 Å². The third-order valence-corrected chi connectivity index (χ3v) is 3.98. The van der Waals surface area contributed by atoms with Gasteiger partial charge in [-0.05, 0) is 36.9 Å². The Hall–Kier alpha value is -1.35. The fourth-order valence-corrected chi connectivity index (χ4v) is 2.56. The predicted octanol–water partition coefficient (Wildman–Crippen LogP) is 2.42. The van der Waals surface area contributed by atoms with Gasteiger partial charge in [-0.2, -0.15) is 0 Å². The second kappa shape index (κ2) is 6.20. The van der Waals surface area contributed by atoms with E-state index in [-0.39, 0.29) is 11.8 Å². The highest BCUT2D eigenvalue weighted by Gasteiger charge is 2.28. The van der Waals surface area contributed by atoms with Crippen LogP contribution in [0.2, 0.25) is 0 Å². The van der Waals surface area contributed by atoms with Crippen LogP contribution in [0.15, 0.2) is 24.3 Å². The maximum Gasteiger partial charge on any atom is 0.224 e. The first kappa shape index (κ1) is 14.1. The van der Waals surface area contributed by atoms with Crippen LogP contribution < -0.4 is 10.6 Å². The highest BCUT2D eigenvalue weighted by Crippen LogP contribution is 2.16. The van der Waals surface area contributed by atoms with Crippen molar-refractivity contribution in [1.82, 2.24) is 10.6 Å². The van der Waals surface area contributed by atoms with Gasteiger partial charge in [0.05, 0.1) is 5.92 Å². The molecule has 0 spiro atoms. The van der Waals surface area contributed by atoms with Gasteiger partial charge < -0.3 is 10.6 Å². The average molecular weight is 260 g/mol. The Morgan fingerprint density at radius 3 is 2.58 bits per heavy atom. The van der Waals surface area contributed by atoms with Crippen molar-refractivity contribution >= 4 is 5.91 Å². The minimum atomic E-state index is 0.120. The largest absolute Gasteiger partial charge is 0.352 e. The van der Waals surface area contributed by atoms with Crippen molar-refractivity contribution in [3.8, 4) is 0 Å². The maximum atomic E-state index is 12.1. The molecule has 1 aliphatic rings. The Kier molecular flexibility index (Phi) is 4.59. The molecule has 1 saturated heterocycles. The molecule has 0 bridgehead atoms. The van der Waals surface area contributed by atoms with Crippen molar-refractivity contribution in [2.45, 2.75) is 45.7 Å². The summed E-state index contributed by atoms with van der Waals surface area (Å²) >= 11 is 0. The van der Waals surface area contributed by atoms with E-state index < -0.39 is 0 Å². The van der Waals surface area contributed by atoms with Crippen LogP contribution in [0, 0.1) is 5.92 Å². The van der Waals surface area contributed by atoms with Crippen LogP contribution in [0.25, 0.3) is 0 Å². The van der Waals surface area contributed by atoms with Crippen molar-refractivity contribution < 1.29 is 4.79 Å². The third kappa shape index (κ3) is 3.57. The Morgan fingerprint density at radius 1 is 1.37 bits per heavy atom. The number of carbonyl (C=O) groups is 1. The summed E-state index contributed by atoms with van der Waals surface area (Å²) in [5.74, 6) is 0.842. The summed E-state index contributed by atoms with van der Waals surface area (Å²) < 4.78 is 0. The van der Waals surface area contributed by atoms with Gasteiger partial charge >= 0.3 is 0 Å². The summed E-state index contributed by atoms with van der Waals surface area (Å²) in [7, 11) is 0. The molecular formula is C16H24N2O. The van der Waals surface area contributed by atoms with E-state index in [4.69, 9.17) is 0 Å². The van der Waals surface area contributed by atoms with Crippen LogP contribution in [-0.2, 0) is 11.3 Å². The molecule has 2 rings (SSSR count). The Morgan fingerprint density at radius 2 is 2.05 bits per heavy atom. The average Bonchev–Trinajstić information content (AvgIpc) is 2.83. The summed E-state index contributed by atoms with van der Waals surface area (Å²) in [5.41, 5.74) is 2.50. The molecule has 2 N–H and O–H groups in total. The summed E-state index contributed by atoms with van der Waals surface area (Å²) in [6.07, 6.45) is 0.944. The Bertz CT molecular complexity index is 425. The molecule has 0 radical (unpaired) electrons. The number of rotatable bonds is 4. The molecule has 1 aliphatic heterocycles. The van der Waals surface area contributed by atoms with Gasteiger partial charge in [0.2, 0.25) is 5.91 Å². The van der Waals surface area contributed by atoms with E-state index in [2.05, 4.69) is 55.7 Å². The quantitative estimate of drug-likeness (QED) is 0.873. The number of nitrogens with one attached hydrogen (secondary N) is 2. The molecule has 1 fully saturated rings. The number of hydrogen-bond acceptors (Lipinski definition) is 2. The van der Waals surface area contributed by atoms with Crippen molar-refractivity contribution in [3.63, 3.8) is 0 Å². The molecule has 104 valence electrons. The first-order valence-corrected chi connectivity index (χ1v) is 7.18. The van der Waals surface area contributed by atoms with Gasteiger partial charge in [-0.15, -0.1) is 0 Å². The lowest BCUT2D eigenvalue weighted by Gasteiger charge is -2.15. The summed E-state index contributed by atoms with van der Waals surface area (Å²) in [5, 5.41) is 6.35. The van der Waals surface area contributed by atoms with Crippen LogP contribution in [-0.4, -0.2) is 18.5 Å². The third-order valence-electron chi connectivity index (χ3n) is 3.98. The van der Waals surface area contributed by atoms with E-state index in [9.17, 15) is 4.79 Å². The molecule has 2 unspecified atom stereocenters. The second-order valence-electron chi connectivity index (χ2n) is 5.75. The first-order chi connectivity index (χ1) is 9.08. The molecule has 0 aromatic heterocycles. The van der Waals surface area contributed by atoms with E-state index in [1.54, 1.807) is 0 Å². The summed E-state index contributed by atoms with van der Waals surface area (Å²) in [6.45, 7) is 8.02. The van der Waals surface area contributed by atoms with E-state index in [1.807, 2.05) is 0 Å². The molecular weight excluding hydrogens is 236 g/mol. The van der Waals surface area contributed by atoms with Gasteiger partial charge in [0.25, 0.3) is 0 Å². The highest BCUT2D eigenvalue weighted by molar-refractivity contribution is 5.79. The molecule has 1 amide bonds. The fourth-order valence-electron chi connectivity index (χ4n) is 2.56. The lowest BCUT2D eigenvalue weighted by molar-refractivity contribution is -0.125. The monoisotopic (exact) mass is 260 g/mol. The summed E-state index contributed by atoms with van der Waals surface area (Å²) in [4.78, 5) is 12.1. The topological polar surface area (TPSA) is 41.1 Å². The number of hydrogen-bond donors (Lipinski definition) is 2. The number of benzene rings is 1. The van der Waals surface area contributed by atoms with E-state index in [0.29, 0.717) is 18.5 Å². The molecule has 3 heteroatoms. The van der Waals surface area contributed by atoms with Crippen LogP contribution in [0.4, 0.5) is 0 Å². The van der Waals surface area contributed by atoms with Gasteiger partial charge in [0.15, 0.2) is 0 Å². The van der Waals surface area contributed by atoms with Crippen LogP contribution >= 0.6 is 0 Å². The number of carbonyl (C=O) groups excluding carboxylic acids is 1. The van der Waals surface area contributed by atoms with Gasteiger partial charge in [-0.3, -0.25) is 4.79 Å². The van der Waals surface area contributed by atoms with Gasteiger partial charge in [0.1, 0.15) is 0 Å². The lowest BCUT2D eigenvalue weighted by atomic mass is 10.0. The lowest BCUT2D eigenvalue weighted by Crippen LogP contribution is -2.36. The van der Waals surface area contributed by atoms with Crippen molar-refractivity contribution in [2.24, 2.45) is 5.92 Å². The molecule has 2 atom stereocenters. The maximum absolute atomic E-state index is 12.1. The van der Waals surface area contributed by atoms with Crippen molar-refractivity contribution in [3.05, 3.63) is 35.4 Å². The smallest absolute Gasteiger partial charge is 0.224 e. The Balaban J connectivity index is 1.86. The van der Waals surface area contributed by atoms with Crippen molar-refractivity contribution in [1.29, 1.82) is 0 Å². The van der Waals surface area contributed by atoms with Gasteiger partial charge in [-0.1, -0.05) is 38.1 Å². The zero-order valence-electron chi connectivity index (χ0n) is 12.1. The molecule has 3 nitrogen and oxygen atoms in total. The SMILES string of the molecule is CC(C)c1ccc(CNC(=O)C2CCNC2C)cc1. The van der Waals surface area contributed by atoms with E-state index in [0.717, 1.165) is 18.5 Å². The zero-order chi connectivity index (χ0) is 13.8. The highest BCUT2D eigenvalue weighted by atomic mass is 16.1. The molecule has 1 aromatic rings. The fraction of sp³-hybridized carbons (Fsp3) is 0.562. The van der Waals surface area contributed by atoms with Gasteiger partial charge in [-0.25, -0.2) is 0 Å². The molecule has 1 heterocycles. The van der Waals surface area contributed by atoms with Crippen molar-refractivity contribution in [2.75, 3.05) is 6.54 Å². The summed E-state index contributed by atoms with van der Waals surface area (Å²) in [6, 6.07) is 8.79. The molecule has 19 heavy (non-hydrogen) atoms. The van der Waals surface area contributed by atoms with Crippen LogP contribution in [0.5, 0.6) is 0 Å². The molecule has 0 aliphatic carbocycles. The molecule has 1 aromatic carbocycles. The van der Waals surface area contributed by atoms with Gasteiger partial charge in [0, 0.05) is 12.6 Å². The predicted molar refractivity (Wildman–Crippen MR) is 77.9 cm³/mol. The standard InChI is InChI=1S/C16H24N2O/c1-11(2)14-6-4-13(5-7-14)10-18-16(19)15-8-9-17-12(15)3/h4-7,11-12,15,17H,8-10H2,1-3H3,(H,18,19). The van der Waals surface area contributed by atoms with Crippen LogP contribution in [0.3, 0.4) is 0 Å². The van der Waals surface area contributed by atoms with E-state index in [1.165, 1.54) is 5.56 Å². The Labute approximate surface area is 115 Å². The number of amides is 1. The normalized spacial score (nSPS) is 22.7. The minimum Gasteiger partial charge on any atom is -0.352 e.